The maximum atomic E-state index is 12.8. The highest BCUT2D eigenvalue weighted by Crippen LogP contribution is 2.33. The van der Waals surface area contributed by atoms with E-state index in [1.165, 1.54) is 5.56 Å². The molecule has 0 bridgehead atoms. The SMILES string of the molecule is NC(=O)[C@H]1CN(C(=O)[C@@H]2CCCc3ccccc32)CCO1. The second-order valence-corrected chi connectivity index (χ2v) is 5.69. The molecule has 2 N–H and O–H groups in total. The molecule has 1 aromatic carbocycles. The first-order valence-electron chi connectivity index (χ1n) is 7.44. The van der Waals surface area contributed by atoms with Crippen LogP contribution in [-0.4, -0.2) is 42.5 Å². The Morgan fingerprint density at radius 1 is 1.29 bits per heavy atom. The molecule has 0 unspecified atom stereocenters. The number of rotatable bonds is 2. The van der Waals surface area contributed by atoms with E-state index in [1.54, 1.807) is 4.90 Å². The van der Waals surface area contributed by atoms with E-state index in [-0.39, 0.29) is 18.4 Å². The van der Waals surface area contributed by atoms with Crippen molar-refractivity contribution in [3.63, 3.8) is 0 Å². The number of primary amides is 1. The molecule has 112 valence electrons. The predicted molar refractivity (Wildman–Crippen MR) is 77.6 cm³/mol. The number of fused-ring (bicyclic) bond motifs is 1. The molecule has 1 aromatic rings. The van der Waals surface area contributed by atoms with Gasteiger partial charge >= 0.3 is 0 Å². The number of morpholine rings is 1. The van der Waals surface area contributed by atoms with E-state index < -0.39 is 12.0 Å². The van der Waals surface area contributed by atoms with Crippen molar-refractivity contribution in [2.24, 2.45) is 5.73 Å². The number of nitrogens with two attached hydrogens (primary N) is 1. The Kier molecular flexibility index (Phi) is 3.92. The van der Waals surface area contributed by atoms with Crippen LogP contribution in [0.25, 0.3) is 0 Å². The second kappa shape index (κ2) is 5.85. The van der Waals surface area contributed by atoms with Crippen LogP contribution in [0.5, 0.6) is 0 Å². The standard InChI is InChI=1S/C16H20N2O3/c17-15(19)14-10-18(8-9-21-14)16(20)13-7-3-5-11-4-1-2-6-12(11)13/h1-2,4,6,13-14H,3,5,7-10H2,(H2,17,19)/t13-,14-/m1/s1. The number of carbonyl (C=O) groups is 2. The Hall–Kier alpha value is -1.88. The van der Waals surface area contributed by atoms with Gasteiger partial charge in [-0.25, -0.2) is 0 Å². The normalized spacial score (nSPS) is 25.2. The van der Waals surface area contributed by atoms with Crippen LogP contribution in [0, 0.1) is 0 Å². The molecular weight excluding hydrogens is 268 g/mol. The third-order valence-corrected chi connectivity index (χ3v) is 4.36. The second-order valence-electron chi connectivity index (χ2n) is 5.69. The molecule has 21 heavy (non-hydrogen) atoms. The number of hydrogen-bond acceptors (Lipinski definition) is 3. The van der Waals surface area contributed by atoms with Crippen molar-refractivity contribution in [3.05, 3.63) is 35.4 Å². The zero-order chi connectivity index (χ0) is 14.8. The number of nitrogens with zero attached hydrogens (tertiary/aromatic N) is 1. The maximum absolute atomic E-state index is 12.8. The fourth-order valence-corrected chi connectivity index (χ4v) is 3.25. The molecule has 2 aliphatic rings. The van der Waals surface area contributed by atoms with Gasteiger partial charge in [0.15, 0.2) is 6.10 Å². The highest BCUT2D eigenvalue weighted by molar-refractivity contribution is 5.86. The van der Waals surface area contributed by atoms with Crippen LogP contribution in [0.1, 0.15) is 29.9 Å². The molecule has 0 radical (unpaired) electrons. The van der Waals surface area contributed by atoms with Crippen molar-refractivity contribution in [2.45, 2.75) is 31.3 Å². The van der Waals surface area contributed by atoms with E-state index in [1.807, 2.05) is 18.2 Å². The lowest BCUT2D eigenvalue weighted by molar-refractivity contribution is -0.146. The van der Waals surface area contributed by atoms with Crippen molar-refractivity contribution in [2.75, 3.05) is 19.7 Å². The number of hydrogen-bond donors (Lipinski definition) is 1. The smallest absolute Gasteiger partial charge is 0.248 e. The fourth-order valence-electron chi connectivity index (χ4n) is 3.25. The van der Waals surface area contributed by atoms with Gasteiger partial charge in [-0.1, -0.05) is 24.3 Å². The number of carbonyl (C=O) groups excluding carboxylic acids is 2. The van der Waals surface area contributed by atoms with Gasteiger partial charge in [-0.15, -0.1) is 0 Å². The summed E-state index contributed by atoms with van der Waals surface area (Å²) in [6, 6.07) is 8.14. The highest BCUT2D eigenvalue weighted by atomic mass is 16.5. The van der Waals surface area contributed by atoms with Crippen LogP contribution in [0.15, 0.2) is 24.3 Å². The quantitative estimate of drug-likeness (QED) is 0.875. The minimum absolute atomic E-state index is 0.0942. The Bertz CT molecular complexity index is 558. The van der Waals surface area contributed by atoms with Gasteiger partial charge in [0.25, 0.3) is 0 Å². The first-order valence-corrected chi connectivity index (χ1v) is 7.44. The maximum Gasteiger partial charge on any atom is 0.248 e. The monoisotopic (exact) mass is 288 g/mol. The van der Waals surface area contributed by atoms with Crippen LogP contribution in [0.2, 0.25) is 0 Å². The predicted octanol–water partition coefficient (Wildman–Crippen LogP) is 0.819. The van der Waals surface area contributed by atoms with Gasteiger partial charge in [0.05, 0.1) is 19.1 Å². The molecule has 0 spiro atoms. The topological polar surface area (TPSA) is 72.6 Å². The molecule has 1 aliphatic heterocycles. The Labute approximate surface area is 124 Å². The summed E-state index contributed by atoms with van der Waals surface area (Å²) in [5.74, 6) is -0.505. The zero-order valence-corrected chi connectivity index (χ0v) is 12.0. The average molecular weight is 288 g/mol. The molecule has 1 fully saturated rings. The summed E-state index contributed by atoms with van der Waals surface area (Å²) in [5, 5.41) is 0. The minimum Gasteiger partial charge on any atom is -0.367 e. The summed E-state index contributed by atoms with van der Waals surface area (Å²) in [7, 11) is 0. The molecule has 5 heteroatoms. The summed E-state index contributed by atoms with van der Waals surface area (Å²) < 4.78 is 5.31. The van der Waals surface area contributed by atoms with Crippen molar-refractivity contribution in [1.82, 2.24) is 4.90 Å². The summed E-state index contributed by atoms with van der Waals surface area (Å²) in [6.45, 7) is 1.17. The molecule has 2 amide bonds. The van der Waals surface area contributed by atoms with Gasteiger partial charge in [0, 0.05) is 6.54 Å². The van der Waals surface area contributed by atoms with E-state index in [4.69, 9.17) is 10.5 Å². The van der Waals surface area contributed by atoms with Crippen molar-refractivity contribution in [3.8, 4) is 0 Å². The Balaban J connectivity index is 1.78. The first kappa shape index (κ1) is 14.1. The molecule has 5 nitrogen and oxygen atoms in total. The third-order valence-electron chi connectivity index (χ3n) is 4.36. The fraction of sp³-hybridized carbons (Fsp3) is 0.500. The van der Waals surface area contributed by atoms with E-state index in [9.17, 15) is 9.59 Å². The summed E-state index contributed by atoms with van der Waals surface area (Å²) in [4.78, 5) is 25.8. The number of benzene rings is 1. The van der Waals surface area contributed by atoms with E-state index >= 15 is 0 Å². The molecule has 1 aliphatic carbocycles. The lowest BCUT2D eigenvalue weighted by Gasteiger charge is -2.35. The molecule has 0 saturated carbocycles. The number of amides is 2. The van der Waals surface area contributed by atoms with Gasteiger partial charge in [-0.05, 0) is 30.4 Å². The van der Waals surface area contributed by atoms with E-state index in [2.05, 4.69) is 6.07 Å². The molecule has 0 aromatic heterocycles. The molecular formula is C16H20N2O3. The van der Waals surface area contributed by atoms with Gasteiger partial charge in [0.2, 0.25) is 11.8 Å². The van der Waals surface area contributed by atoms with Crippen molar-refractivity contribution in [1.29, 1.82) is 0 Å². The largest absolute Gasteiger partial charge is 0.367 e. The highest BCUT2D eigenvalue weighted by Gasteiger charge is 2.34. The zero-order valence-electron chi connectivity index (χ0n) is 12.0. The molecule has 1 heterocycles. The third kappa shape index (κ3) is 2.78. The van der Waals surface area contributed by atoms with Crippen LogP contribution < -0.4 is 5.73 Å². The average Bonchev–Trinajstić information content (AvgIpc) is 2.53. The molecule has 2 atom stereocenters. The number of aryl methyl sites for hydroxylation is 1. The van der Waals surface area contributed by atoms with Crippen LogP contribution in [-0.2, 0) is 20.7 Å². The van der Waals surface area contributed by atoms with E-state index in [0.29, 0.717) is 13.2 Å². The minimum atomic E-state index is -0.679. The Morgan fingerprint density at radius 2 is 2.10 bits per heavy atom. The van der Waals surface area contributed by atoms with Crippen molar-refractivity contribution >= 4 is 11.8 Å². The lowest BCUT2D eigenvalue weighted by atomic mass is 9.82. The van der Waals surface area contributed by atoms with Gasteiger partial charge < -0.3 is 15.4 Å². The summed E-state index contributed by atoms with van der Waals surface area (Å²) >= 11 is 0. The summed E-state index contributed by atoms with van der Waals surface area (Å²) in [6.07, 6.45) is 2.25. The van der Waals surface area contributed by atoms with Gasteiger partial charge in [0.1, 0.15) is 0 Å². The summed E-state index contributed by atoms with van der Waals surface area (Å²) in [5.41, 5.74) is 7.68. The number of ether oxygens (including phenoxy) is 1. The van der Waals surface area contributed by atoms with E-state index in [0.717, 1.165) is 24.8 Å². The lowest BCUT2D eigenvalue weighted by Crippen LogP contribution is -2.51. The van der Waals surface area contributed by atoms with Crippen molar-refractivity contribution < 1.29 is 14.3 Å². The van der Waals surface area contributed by atoms with Gasteiger partial charge in [-0.2, -0.15) is 0 Å². The van der Waals surface area contributed by atoms with Crippen LogP contribution in [0.4, 0.5) is 0 Å². The first-order chi connectivity index (χ1) is 10.2. The Morgan fingerprint density at radius 3 is 2.90 bits per heavy atom. The van der Waals surface area contributed by atoms with Crippen LogP contribution in [0.3, 0.4) is 0 Å². The molecule has 3 rings (SSSR count). The molecule has 1 saturated heterocycles. The van der Waals surface area contributed by atoms with Gasteiger partial charge in [-0.3, -0.25) is 9.59 Å². The van der Waals surface area contributed by atoms with Crippen LogP contribution >= 0.6 is 0 Å².